The minimum Gasteiger partial charge on any atom is -0.506 e. The van der Waals surface area contributed by atoms with Crippen molar-refractivity contribution >= 4 is 17.5 Å². The van der Waals surface area contributed by atoms with E-state index in [-0.39, 0.29) is 30.1 Å². The van der Waals surface area contributed by atoms with Crippen molar-refractivity contribution in [2.24, 2.45) is 11.3 Å². The SMILES string of the molecule is CC.CC(=O)CCCCc1ccc(N2CC(C(=O)N(C)CO)C2)nc1.CC(C)(C)CCc1ccc(O)cn1. The number of unbranched alkanes of at least 4 members (excludes halogenated alkanes) is 1. The van der Waals surface area contributed by atoms with Crippen LogP contribution in [0.25, 0.3) is 0 Å². The van der Waals surface area contributed by atoms with Crippen LogP contribution in [0.2, 0.25) is 0 Å². The number of carbonyl (C=O) groups is 2. The number of amides is 1. The second-order valence-corrected chi connectivity index (χ2v) is 10.8. The Morgan fingerprint density at radius 3 is 2.21 bits per heavy atom. The Labute approximate surface area is 229 Å². The molecule has 8 heteroatoms. The van der Waals surface area contributed by atoms with E-state index in [9.17, 15) is 9.59 Å². The van der Waals surface area contributed by atoms with Crippen molar-refractivity contribution in [1.29, 1.82) is 0 Å². The number of hydrogen-bond acceptors (Lipinski definition) is 7. The zero-order valence-corrected chi connectivity index (χ0v) is 24.4. The van der Waals surface area contributed by atoms with Crippen molar-refractivity contribution in [3.63, 3.8) is 0 Å². The molecule has 1 aliphatic heterocycles. The summed E-state index contributed by atoms with van der Waals surface area (Å²) in [7, 11) is 1.60. The minimum absolute atomic E-state index is 0.0224. The smallest absolute Gasteiger partial charge is 0.230 e. The van der Waals surface area contributed by atoms with Crippen LogP contribution in [0.1, 0.15) is 78.5 Å². The van der Waals surface area contributed by atoms with Crippen LogP contribution < -0.4 is 4.90 Å². The predicted octanol–water partition coefficient (Wildman–Crippen LogP) is 5.02. The monoisotopic (exact) mass is 528 g/mol. The summed E-state index contributed by atoms with van der Waals surface area (Å²) in [6.07, 6.45) is 8.96. The van der Waals surface area contributed by atoms with Gasteiger partial charge in [-0.3, -0.25) is 9.78 Å². The fourth-order valence-corrected chi connectivity index (χ4v) is 3.73. The number of aromatic hydroxyl groups is 1. The average molecular weight is 529 g/mol. The lowest BCUT2D eigenvalue weighted by atomic mass is 9.90. The molecule has 0 aromatic carbocycles. The zero-order chi connectivity index (χ0) is 28.7. The molecule has 2 aromatic rings. The number of nitrogens with zero attached hydrogens (tertiary/aromatic N) is 4. The second kappa shape index (κ2) is 16.8. The van der Waals surface area contributed by atoms with E-state index in [1.54, 1.807) is 20.0 Å². The lowest BCUT2D eigenvalue weighted by Gasteiger charge is -2.40. The fourth-order valence-electron chi connectivity index (χ4n) is 3.73. The largest absolute Gasteiger partial charge is 0.506 e. The summed E-state index contributed by atoms with van der Waals surface area (Å²) in [5.41, 5.74) is 2.57. The summed E-state index contributed by atoms with van der Waals surface area (Å²) in [5, 5.41) is 18.0. The van der Waals surface area contributed by atoms with Gasteiger partial charge in [0, 0.05) is 38.4 Å². The molecule has 1 saturated heterocycles. The highest BCUT2D eigenvalue weighted by atomic mass is 16.3. The summed E-state index contributed by atoms with van der Waals surface area (Å²) < 4.78 is 0. The van der Waals surface area contributed by atoms with Crippen LogP contribution in [0.4, 0.5) is 5.82 Å². The lowest BCUT2D eigenvalue weighted by molar-refractivity contribution is -0.138. The third-order valence-electron chi connectivity index (χ3n) is 6.14. The number of hydrogen-bond donors (Lipinski definition) is 2. The molecule has 2 N–H and O–H groups in total. The van der Waals surface area contributed by atoms with E-state index in [1.807, 2.05) is 32.2 Å². The van der Waals surface area contributed by atoms with Gasteiger partial charge in [0.1, 0.15) is 24.1 Å². The number of ketones is 1. The van der Waals surface area contributed by atoms with Crippen molar-refractivity contribution in [2.75, 3.05) is 31.8 Å². The van der Waals surface area contributed by atoms with Gasteiger partial charge in [0.15, 0.2) is 0 Å². The summed E-state index contributed by atoms with van der Waals surface area (Å²) in [5.74, 6) is 1.28. The van der Waals surface area contributed by atoms with E-state index in [0.29, 0.717) is 24.9 Å². The third-order valence-corrected chi connectivity index (χ3v) is 6.14. The highest BCUT2D eigenvalue weighted by Gasteiger charge is 2.34. The van der Waals surface area contributed by atoms with Gasteiger partial charge in [0.25, 0.3) is 0 Å². The Morgan fingerprint density at radius 2 is 1.71 bits per heavy atom. The summed E-state index contributed by atoms with van der Waals surface area (Å²) in [6.45, 7) is 13.3. The first kappa shape index (κ1) is 33.0. The molecule has 0 unspecified atom stereocenters. The number of aromatic nitrogens is 2. The molecule has 1 fully saturated rings. The van der Waals surface area contributed by atoms with Gasteiger partial charge in [-0.1, -0.05) is 40.7 Å². The van der Waals surface area contributed by atoms with Crippen LogP contribution in [0, 0.1) is 11.3 Å². The van der Waals surface area contributed by atoms with Gasteiger partial charge in [0.2, 0.25) is 5.91 Å². The van der Waals surface area contributed by atoms with Gasteiger partial charge in [0.05, 0.1) is 12.1 Å². The van der Waals surface area contributed by atoms with Crippen LogP contribution in [0.15, 0.2) is 36.7 Å². The number of carbonyl (C=O) groups excluding carboxylic acids is 2. The Balaban J connectivity index is 0.000000408. The maximum Gasteiger partial charge on any atom is 0.230 e. The Morgan fingerprint density at radius 1 is 1.03 bits per heavy atom. The van der Waals surface area contributed by atoms with Crippen molar-refractivity contribution in [3.05, 3.63) is 47.9 Å². The maximum absolute atomic E-state index is 11.9. The predicted molar refractivity (Wildman–Crippen MR) is 153 cm³/mol. The van der Waals surface area contributed by atoms with E-state index in [4.69, 9.17) is 10.2 Å². The molecule has 212 valence electrons. The number of aliphatic hydroxyl groups excluding tert-OH is 1. The van der Waals surface area contributed by atoms with Gasteiger partial charge >= 0.3 is 0 Å². The Bertz CT molecular complexity index is 950. The van der Waals surface area contributed by atoms with Gasteiger partial charge < -0.3 is 24.8 Å². The number of anilines is 1. The van der Waals surface area contributed by atoms with E-state index >= 15 is 0 Å². The van der Waals surface area contributed by atoms with Crippen LogP contribution in [-0.2, 0) is 22.4 Å². The molecule has 2 aromatic heterocycles. The van der Waals surface area contributed by atoms with E-state index < -0.39 is 0 Å². The Hall–Kier alpha value is -3.00. The van der Waals surface area contributed by atoms with Crippen LogP contribution in [-0.4, -0.2) is 63.6 Å². The number of pyridine rings is 2. The van der Waals surface area contributed by atoms with Gasteiger partial charge in [-0.05, 0) is 68.2 Å². The number of aryl methyl sites for hydroxylation is 2. The molecule has 0 bridgehead atoms. The highest BCUT2D eigenvalue weighted by molar-refractivity contribution is 5.81. The number of aliphatic hydroxyl groups is 1. The molecule has 0 radical (unpaired) electrons. The molecule has 0 aliphatic carbocycles. The van der Waals surface area contributed by atoms with Crippen molar-refractivity contribution in [2.45, 2.75) is 80.1 Å². The van der Waals surface area contributed by atoms with Gasteiger partial charge in [-0.25, -0.2) is 4.98 Å². The standard InChI is InChI=1S/C17H25N3O3.C11H17NO.C2H6/c1-13(22)5-3-4-6-14-7-8-16(18-9-14)20-10-15(11-20)17(23)19(2)12-21;1-11(2,3)7-6-9-4-5-10(13)8-12-9;1-2/h7-9,15,21H,3-6,10-12H2,1-2H3;4-5,8,13H,6-7H2,1-3H3;1-2H3. The van der Waals surface area contributed by atoms with Crippen LogP contribution in [0.5, 0.6) is 5.75 Å². The minimum atomic E-state index is -0.244. The summed E-state index contributed by atoms with van der Waals surface area (Å²) >= 11 is 0. The average Bonchev–Trinajstić information content (AvgIpc) is 2.86. The van der Waals surface area contributed by atoms with Crippen molar-refractivity contribution in [1.82, 2.24) is 14.9 Å². The molecule has 8 nitrogen and oxygen atoms in total. The van der Waals surface area contributed by atoms with Gasteiger partial charge in [-0.15, -0.1) is 0 Å². The number of rotatable bonds is 10. The first-order chi connectivity index (χ1) is 18.0. The Kier molecular flexibility index (Phi) is 14.6. The lowest BCUT2D eigenvalue weighted by Crippen LogP contribution is -2.54. The quantitative estimate of drug-likeness (QED) is 0.329. The highest BCUT2D eigenvalue weighted by Crippen LogP contribution is 2.24. The maximum atomic E-state index is 11.9. The van der Waals surface area contributed by atoms with Crippen LogP contribution >= 0.6 is 0 Å². The molecule has 1 amide bonds. The molecular formula is C30H48N4O4. The van der Waals surface area contributed by atoms with E-state index in [1.165, 1.54) is 16.7 Å². The zero-order valence-electron chi connectivity index (χ0n) is 24.4. The molecule has 0 atom stereocenters. The normalized spacial score (nSPS) is 12.9. The molecular weight excluding hydrogens is 480 g/mol. The fraction of sp³-hybridized carbons (Fsp3) is 0.600. The van der Waals surface area contributed by atoms with E-state index in [0.717, 1.165) is 43.6 Å². The second-order valence-electron chi connectivity index (χ2n) is 10.8. The summed E-state index contributed by atoms with van der Waals surface area (Å²) in [6, 6.07) is 7.61. The van der Waals surface area contributed by atoms with Crippen LogP contribution in [0.3, 0.4) is 0 Å². The first-order valence-corrected chi connectivity index (χ1v) is 13.7. The molecule has 38 heavy (non-hydrogen) atoms. The molecule has 3 rings (SSSR count). The van der Waals surface area contributed by atoms with Crippen molar-refractivity contribution in [3.8, 4) is 5.75 Å². The third kappa shape index (κ3) is 12.5. The molecule has 0 saturated carbocycles. The number of Topliss-reactive ketones (excluding diaryl/α,β-unsaturated/α-hetero) is 1. The topological polar surface area (TPSA) is 107 Å². The molecule has 0 spiro atoms. The molecule has 1 aliphatic rings. The first-order valence-electron chi connectivity index (χ1n) is 13.7. The molecule has 3 heterocycles. The van der Waals surface area contributed by atoms with E-state index in [2.05, 4.69) is 41.7 Å². The van der Waals surface area contributed by atoms with Crippen molar-refractivity contribution < 1.29 is 19.8 Å². The summed E-state index contributed by atoms with van der Waals surface area (Å²) in [4.78, 5) is 34.8. The van der Waals surface area contributed by atoms with Gasteiger partial charge in [-0.2, -0.15) is 0 Å².